The lowest BCUT2D eigenvalue weighted by molar-refractivity contribution is -0.136. The number of carbonyl (C=O) groups is 2. The maximum atomic E-state index is 12.1. The van der Waals surface area contributed by atoms with E-state index in [1.165, 1.54) is 0 Å². The SMILES string of the molecule is Cc1nn(CC(=O)N2CCCC2)c(C)c1CC(=O)O. The molecule has 19 heavy (non-hydrogen) atoms. The number of hydrogen-bond donors (Lipinski definition) is 1. The van der Waals surface area contributed by atoms with Gasteiger partial charge in [-0.1, -0.05) is 0 Å². The van der Waals surface area contributed by atoms with Gasteiger partial charge in [0.05, 0.1) is 12.1 Å². The van der Waals surface area contributed by atoms with Gasteiger partial charge in [0.2, 0.25) is 5.91 Å². The molecule has 1 aliphatic rings. The molecule has 1 aromatic heterocycles. The van der Waals surface area contributed by atoms with Gasteiger partial charge in [-0.3, -0.25) is 14.3 Å². The minimum atomic E-state index is -0.878. The van der Waals surface area contributed by atoms with Crippen molar-refractivity contribution in [2.45, 2.75) is 39.7 Å². The number of carboxylic acids is 1. The first-order valence-electron chi connectivity index (χ1n) is 6.51. The van der Waals surface area contributed by atoms with E-state index < -0.39 is 5.97 Å². The molecule has 6 nitrogen and oxygen atoms in total. The van der Waals surface area contributed by atoms with Gasteiger partial charge >= 0.3 is 5.97 Å². The first-order valence-corrected chi connectivity index (χ1v) is 6.51. The summed E-state index contributed by atoms with van der Waals surface area (Å²) in [6.07, 6.45) is 2.08. The predicted octanol–water partition coefficient (Wildman–Crippen LogP) is 0.749. The molecule has 0 unspecified atom stereocenters. The number of hydrogen-bond acceptors (Lipinski definition) is 3. The molecule has 2 heterocycles. The van der Waals surface area contributed by atoms with Crippen LogP contribution in [0.1, 0.15) is 29.8 Å². The number of aliphatic carboxylic acids is 1. The summed E-state index contributed by atoms with van der Waals surface area (Å²) in [5, 5.41) is 13.1. The van der Waals surface area contributed by atoms with Gasteiger partial charge in [-0.2, -0.15) is 5.10 Å². The second kappa shape index (κ2) is 5.42. The molecule has 1 saturated heterocycles. The smallest absolute Gasteiger partial charge is 0.307 e. The van der Waals surface area contributed by atoms with Gasteiger partial charge in [-0.25, -0.2) is 0 Å². The van der Waals surface area contributed by atoms with Crippen LogP contribution in [0.15, 0.2) is 0 Å². The fourth-order valence-corrected chi connectivity index (χ4v) is 2.49. The number of rotatable bonds is 4. The van der Waals surface area contributed by atoms with Crippen molar-refractivity contribution < 1.29 is 14.7 Å². The summed E-state index contributed by atoms with van der Waals surface area (Å²) in [5.74, 6) is -0.818. The number of carboxylic acid groups (broad SMARTS) is 1. The molecule has 1 fully saturated rings. The molecule has 0 atom stereocenters. The maximum absolute atomic E-state index is 12.1. The first kappa shape index (κ1) is 13.6. The summed E-state index contributed by atoms with van der Waals surface area (Å²) in [6.45, 7) is 5.43. The Morgan fingerprint density at radius 1 is 1.26 bits per heavy atom. The van der Waals surface area contributed by atoms with Crippen LogP contribution in [0.4, 0.5) is 0 Å². The highest BCUT2D eigenvalue weighted by molar-refractivity contribution is 5.76. The number of likely N-dealkylation sites (tertiary alicyclic amines) is 1. The Hall–Kier alpha value is -1.85. The fourth-order valence-electron chi connectivity index (χ4n) is 2.49. The lowest BCUT2D eigenvalue weighted by Crippen LogP contribution is -2.31. The Morgan fingerprint density at radius 3 is 2.47 bits per heavy atom. The van der Waals surface area contributed by atoms with Crippen molar-refractivity contribution in [3.05, 3.63) is 17.0 Å². The number of nitrogens with zero attached hydrogens (tertiary/aromatic N) is 3. The van der Waals surface area contributed by atoms with Gasteiger partial charge in [0, 0.05) is 24.3 Å². The third-order valence-electron chi connectivity index (χ3n) is 3.60. The highest BCUT2D eigenvalue weighted by atomic mass is 16.4. The normalized spacial score (nSPS) is 14.9. The zero-order valence-electron chi connectivity index (χ0n) is 11.3. The lowest BCUT2D eigenvalue weighted by Gasteiger charge is -2.15. The molecule has 0 bridgehead atoms. The van der Waals surface area contributed by atoms with Crippen LogP contribution in [0.3, 0.4) is 0 Å². The van der Waals surface area contributed by atoms with E-state index in [0.717, 1.165) is 31.6 Å². The largest absolute Gasteiger partial charge is 0.481 e. The molecule has 0 saturated carbocycles. The number of aryl methyl sites for hydroxylation is 1. The second-order valence-corrected chi connectivity index (χ2v) is 4.97. The standard InChI is InChI=1S/C13H19N3O3/c1-9-11(7-13(18)19)10(2)16(14-9)8-12(17)15-5-3-4-6-15/h3-8H2,1-2H3,(H,18,19). The van der Waals surface area contributed by atoms with Crippen LogP contribution in [0.25, 0.3) is 0 Å². The van der Waals surface area contributed by atoms with Crippen molar-refractivity contribution in [1.29, 1.82) is 0 Å². The van der Waals surface area contributed by atoms with E-state index in [0.29, 0.717) is 11.3 Å². The quantitative estimate of drug-likeness (QED) is 0.871. The van der Waals surface area contributed by atoms with Gasteiger partial charge in [-0.15, -0.1) is 0 Å². The molecule has 0 radical (unpaired) electrons. The van der Waals surface area contributed by atoms with Crippen LogP contribution < -0.4 is 0 Å². The van der Waals surface area contributed by atoms with E-state index in [1.54, 1.807) is 11.6 Å². The van der Waals surface area contributed by atoms with Crippen LogP contribution in [0.2, 0.25) is 0 Å². The Kier molecular flexibility index (Phi) is 3.87. The summed E-state index contributed by atoms with van der Waals surface area (Å²) in [4.78, 5) is 24.7. The third kappa shape index (κ3) is 2.94. The van der Waals surface area contributed by atoms with Crippen LogP contribution >= 0.6 is 0 Å². The van der Waals surface area contributed by atoms with Gasteiger partial charge in [0.25, 0.3) is 0 Å². The van der Waals surface area contributed by atoms with Gasteiger partial charge < -0.3 is 10.0 Å². The van der Waals surface area contributed by atoms with Crippen molar-refractivity contribution in [2.75, 3.05) is 13.1 Å². The highest BCUT2D eigenvalue weighted by Gasteiger charge is 2.21. The molecule has 1 amide bonds. The van der Waals surface area contributed by atoms with Crippen molar-refractivity contribution in [3.8, 4) is 0 Å². The first-order chi connectivity index (χ1) is 8.99. The minimum absolute atomic E-state index is 0.0461. The van der Waals surface area contributed by atoms with Crippen LogP contribution in [-0.2, 0) is 22.6 Å². The molecule has 1 N–H and O–H groups in total. The topological polar surface area (TPSA) is 75.4 Å². The molecule has 6 heteroatoms. The zero-order chi connectivity index (χ0) is 14.0. The Balaban J connectivity index is 2.12. The molecular weight excluding hydrogens is 246 g/mol. The summed E-state index contributed by atoms with van der Waals surface area (Å²) in [6, 6.07) is 0. The number of carbonyl (C=O) groups excluding carboxylic acids is 1. The van der Waals surface area contributed by atoms with E-state index in [9.17, 15) is 9.59 Å². The lowest BCUT2D eigenvalue weighted by atomic mass is 10.1. The number of amides is 1. The van der Waals surface area contributed by atoms with Crippen LogP contribution in [0.5, 0.6) is 0 Å². The Morgan fingerprint density at radius 2 is 1.89 bits per heavy atom. The predicted molar refractivity (Wildman–Crippen MR) is 68.9 cm³/mol. The van der Waals surface area contributed by atoms with Crippen molar-refractivity contribution in [1.82, 2.24) is 14.7 Å². The second-order valence-electron chi connectivity index (χ2n) is 4.97. The van der Waals surface area contributed by atoms with E-state index in [2.05, 4.69) is 5.10 Å². The van der Waals surface area contributed by atoms with Crippen molar-refractivity contribution in [3.63, 3.8) is 0 Å². The van der Waals surface area contributed by atoms with Crippen LogP contribution in [-0.4, -0.2) is 44.8 Å². The third-order valence-corrected chi connectivity index (χ3v) is 3.60. The molecule has 104 valence electrons. The fraction of sp³-hybridized carbons (Fsp3) is 0.615. The maximum Gasteiger partial charge on any atom is 0.307 e. The summed E-state index contributed by atoms with van der Waals surface area (Å²) >= 11 is 0. The van der Waals surface area contributed by atoms with E-state index in [1.807, 2.05) is 11.8 Å². The molecule has 1 aromatic rings. The average Bonchev–Trinajstić information content (AvgIpc) is 2.94. The highest BCUT2D eigenvalue weighted by Crippen LogP contribution is 2.15. The minimum Gasteiger partial charge on any atom is -0.481 e. The summed E-state index contributed by atoms with van der Waals surface area (Å²) in [7, 11) is 0. The van der Waals surface area contributed by atoms with Crippen molar-refractivity contribution in [2.24, 2.45) is 0 Å². The van der Waals surface area contributed by atoms with Gasteiger partial charge in [0.1, 0.15) is 6.54 Å². The summed E-state index contributed by atoms with van der Waals surface area (Å²) in [5.41, 5.74) is 2.17. The molecule has 1 aliphatic heterocycles. The van der Waals surface area contributed by atoms with Gasteiger partial charge in [-0.05, 0) is 26.7 Å². The van der Waals surface area contributed by atoms with E-state index in [-0.39, 0.29) is 18.9 Å². The van der Waals surface area contributed by atoms with E-state index in [4.69, 9.17) is 5.11 Å². The number of aromatic nitrogens is 2. The molecular formula is C13H19N3O3. The monoisotopic (exact) mass is 265 g/mol. The zero-order valence-corrected chi connectivity index (χ0v) is 11.3. The molecule has 2 rings (SSSR count). The molecule has 0 spiro atoms. The Bertz CT molecular complexity index is 501. The van der Waals surface area contributed by atoms with E-state index >= 15 is 0 Å². The Labute approximate surface area is 112 Å². The van der Waals surface area contributed by atoms with Gasteiger partial charge in [0.15, 0.2) is 0 Å². The average molecular weight is 265 g/mol. The van der Waals surface area contributed by atoms with Crippen molar-refractivity contribution >= 4 is 11.9 Å². The molecule has 0 aromatic carbocycles. The summed E-state index contributed by atoms with van der Waals surface area (Å²) < 4.78 is 1.62. The molecule has 0 aliphatic carbocycles. The van der Waals surface area contributed by atoms with Crippen LogP contribution in [0, 0.1) is 13.8 Å².